The van der Waals surface area contributed by atoms with Crippen LogP contribution in [0.15, 0.2) is 16.6 Å². The second kappa shape index (κ2) is 3.83. The van der Waals surface area contributed by atoms with E-state index in [0.717, 1.165) is 0 Å². The summed E-state index contributed by atoms with van der Waals surface area (Å²) in [6.45, 7) is 1.68. The molecule has 0 aliphatic rings. The average molecular weight is 300 g/mol. The van der Waals surface area contributed by atoms with Gasteiger partial charge in [0.1, 0.15) is 11.6 Å². The molecule has 12 heavy (non-hydrogen) atoms. The molecule has 0 N–H and O–H groups in total. The summed E-state index contributed by atoms with van der Waals surface area (Å²) in [4.78, 5) is -0.314. The van der Waals surface area contributed by atoms with Crippen molar-refractivity contribution in [1.82, 2.24) is 0 Å². The van der Waals surface area contributed by atoms with E-state index >= 15 is 0 Å². The number of halogens is 4. The summed E-state index contributed by atoms with van der Waals surface area (Å²) in [7, 11) is 0. The molecule has 1 unspecified atom stereocenters. The zero-order valence-corrected chi connectivity index (χ0v) is 9.42. The maximum Gasteiger partial charge on any atom is 0.131 e. The highest BCUT2D eigenvalue weighted by atomic mass is 79.9. The van der Waals surface area contributed by atoms with Gasteiger partial charge in [-0.3, -0.25) is 0 Å². The molecule has 0 spiro atoms. The lowest BCUT2D eigenvalue weighted by Crippen LogP contribution is -1.95. The zero-order valence-electron chi connectivity index (χ0n) is 6.24. The molecule has 0 saturated carbocycles. The molecule has 0 aromatic heterocycles. The van der Waals surface area contributed by atoms with Crippen LogP contribution >= 0.6 is 31.9 Å². The Morgan fingerprint density at radius 3 is 2.00 bits per heavy atom. The maximum absolute atomic E-state index is 13.1. The van der Waals surface area contributed by atoms with E-state index < -0.39 is 11.6 Å². The van der Waals surface area contributed by atoms with Crippen molar-refractivity contribution in [1.29, 1.82) is 0 Å². The quantitative estimate of drug-likeness (QED) is 0.682. The van der Waals surface area contributed by atoms with Gasteiger partial charge in [-0.05, 0) is 19.1 Å². The molecule has 0 amide bonds. The van der Waals surface area contributed by atoms with Gasteiger partial charge >= 0.3 is 0 Å². The van der Waals surface area contributed by atoms with Gasteiger partial charge in [0.2, 0.25) is 0 Å². The van der Waals surface area contributed by atoms with Crippen molar-refractivity contribution in [3.05, 3.63) is 33.8 Å². The Balaban J connectivity index is 3.28. The van der Waals surface area contributed by atoms with E-state index in [4.69, 9.17) is 0 Å². The Labute approximate surface area is 86.2 Å². The second-order valence-electron chi connectivity index (χ2n) is 2.40. The van der Waals surface area contributed by atoms with Crippen LogP contribution in [0, 0.1) is 11.6 Å². The lowest BCUT2D eigenvalue weighted by atomic mass is 10.1. The fourth-order valence-corrected chi connectivity index (χ4v) is 1.77. The minimum atomic E-state index is -0.536. The Morgan fingerprint density at radius 2 is 1.67 bits per heavy atom. The highest BCUT2D eigenvalue weighted by molar-refractivity contribution is 9.10. The highest BCUT2D eigenvalue weighted by Gasteiger charge is 2.14. The van der Waals surface area contributed by atoms with Crippen LogP contribution in [0.1, 0.15) is 17.3 Å². The predicted octanol–water partition coefficient (Wildman–Crippen LogP) is 4.18. The van der Waals surface area contributed by atoms with Gasteiger partial charge < -0.3 is 0 Å². The predicted molar refractivity (Wildman–Crippen MR) is 51.4 cm³/mol. The van der Waals surface area contributed by atoms with Gasteiger partial charge in [0.25, 0.3) is 0 Å². The molecular formula is C8H6Br2F2. The molecule has 0 fully saturated rings. The molecular weight excluding hydrogens is 294 g/mol. The van der Waals surface area contributed by atoms with Crippen LogP contribution in [0.3, 0.4) is 0 Å². The van der Waals surface area contributed by atoms with E-state index in [1.54, 1.807) is 6.92 Å². The van der Waals surface area contributed by atoms with Crippen molar-refractivity contribution in [3.8, 4) is 0 Å². The molecule has 0 bridgehead atoms. The van der Waals surface area contributed by atoms with Crippen LogP contribution in [0.4, 0.5) is 8.78 Å². The van der Waals surface area contributed by atoms with Gasteiger partial charge in [-0.1, -0.05) is 31.9 Å². The summed E-state index contributed by atoms with van der Waals surface area (Å²) in [5.74, 6) is -1.07. The summed E-state index contributed by atoms with van der Waals surface area (Å²) in [6.07, 6.45) is 0. The van der Waals surface area contributed by atoms with Crippen LogP contribution in [0.25, 0.3) is 0 Å². The molecule has 1 rings (SSSR count). The minimum absolute atomic E-state index is 0.0678. The van der Waals surface area contributed by atoms with Crippen molar-refractivity contribution in [3.63, 3.8) is 0 Å². The van der Waals surface area contributed by atoms with Crippen molar-refractivity contribution in [2.75, 3.05) is 0 Å². The van der Waals surface area contributed by atoms with Gasteiger partial charge in [-0.2, -0.15) is 0 Å². The largest absolute Gasteiger partial charge is 0.207 e. The Hall–Kier alpha value is 0.0400. The van der Waals surface area contributed by atoms with Crippen molar-refractivity contribution < 1.29 is 8.78 Å². The summed E-state index contributed by atoms with van der Waals surface area (Å²) in [5.41, 5.74) is 0.0678. The van der Waals surface area contributed by atoms with Crippen LogP contribution in [0.5, 0.6) is 0 Å². The van der Waals surface area contributed by atoms with E-state index in [1.165, 1.54) is 12.1 Å². The van der Waals surface area contributed by atoms with Crippen LogP contribution in [0.2, 0.25) is 0 Å². The van der Waals surface area contributed by atoms with Crippen LogP contribution in [-0.2, 0) is 0 Å². The second-order valence-corrected chi connectivity index (χ2v) is 4.69. The third kappa shape index (κ3) is 2.04. The van der Waals surface area contributed by atoms with Crippen molar-refractivity contribution in [2.45, 2.75) is 11.8 Å². The van der Waals surface area contributed by atoms with Gasteiger partial charge in [0.05, 0.1) is 0 Å². The molecule has 1 aromatic carbocycles. The maximum atomic E-state index is 13.1. The molecule has 66 valence electrons. The molecule has 0 saturated heterocycles. The van der Waals surface area contributed by atoms with E-state index in [2.05, 4.69) is 31.9 Å². The first-order chi connectivity index (χ1) is 5.52. The lowest BCUT2D eigenvalue weighted by Gasteiger charge is -2.06. The number of rotatable bonds is 1. The average Bonchev–Trinajstić information content (AvgIpc) is 1.82. The molecule has 0 radical (unpaired) electrons. The third-order valence-corrected chi connectivity index (χ3v) is 2.36. The molecule has 1 aromatic rings. The van der Waals surface area contributed by atoms with Crippen molar-refractivity contribution >= 4 is 31.9 Å². The molecule has 0 aliphatic carbocycles. The molecule has 4 heteroatoms. The van der Waals surface area contributed by atoms with Gasteiger partial charge in [0.15, 0.2) is 0 Å². The topological polar surface area (TPSA) is 0 Å². The standard InChI is InChI=1S/C8H6Br2F2/c1-4(9)8-6(11)2-5(10)3-7(8)12/h2-4H,1H3. The summed E-state index contributed by atoms with van der Waals surface area (Å²) in [6, 6.07) is 2.49. The monoisotopic (exact) mass is 298 g/mol. The number of benzene rings is 1. The van der Waals surface area contributed by atoms with E-state index in [-0.39, 0.29) is 10.4 Å². The fourth-order valence-electron chi connectivity index (χ4n) is 0.933. The van der Waals surface area contributed by atoms with Gasteiger partial charge in [0, 0.05) is 14.9 Å². The van der Waals surface area contributed by atoms with Gasteiger partial charge in [-0.25, -0.2) is 8.78 Å². The van der Waals surface area contributed by atoms with E-state index in [1.807, 2.05) is 0 Å². The Morgan fingerprint density at radius 1 is 1.25 bits per heavy atom. The van der Waals surface area contributed by atoms with Gasteiger partial charge in [-0.15, -0.1) is 0 Å². The molecule has 1 atom stereocenters. The first-order valence-corrected chi connectivity index (χ1v) is 5.01. The minimum Gasteiger partial charge on any atom is -0.207 e. The number of alkyl halides is 1. The first kappa shape index (κ1) is 10.1. The lowest BCUT2D eigenvalue weighted by molar-refractivity contribution is 0.557. The summed E-state index contributed by atoms with van der Waals surface area (Å²) >= 11 is 6.11. The highest BCUT2D eigenvalue weighted by Crippen LogP contribution is 2.29. The Kier molecular flexibility index (Phi) is 3.23. The molecule has 0 heterocycles. The Bertz CT molecular complexity index is 274. The normalized spacial score (nSPS) is 13.1. The fraction of sp³-hybridized carbons (Fsp3) is 0.250. The number of hydrogen-bond donors (Lipinski definition) is 0. The van der Waals surface area contributed by atoms with Crippen LogP contribution < -0.4 is 0 Å². The van der Waals surface area contributed by atoms with Crippen LogP contribution in [-0.4, -0.2) is 0 Å². The molecule has 0 nitrogen and oxygen atoms in total. The summed E-state index contributed by atoms with van der Waals surface area (Å²) in [5, 5.41) is 0. The van der Waals surface area contributed by atoms with Crippen molar-refractivity contribution in [2.24, 2.45) is 0 Å². The first-order valence-electron chi connectivity index (χ1n) is 3.31. The smallest absolute Gasteiger partial charge is 0.131 e. The SMILES string of the molecule is CC(Br)c1c(F)cc(Br)cc1F. The third-order valence-electron chi connectivity index (χ3n) is 1.44. The molecule has 0 aliphatic heterocycles. The summed E-state index contributed by atoms with van der Waals surface area (Å²) < 4.78 is 26.5. The number of hydrogen-bond acceptors (Lipinski definition) is 0. The zero-order chi connectivity index (χ0) is 9.30. The van der Waals surface area contributed by atoms with E-state index in [9.17, 15) is 8.78 Å². The van der Waals surface area contributed by atoms with E-state index in [0.29, 0.717) is 4.47 Å².